The number of ether oxygens (including phenoxy) is 1. The Balaban J connectivity index is 2.16. The zero-order valence-corrected chi connectivity index (χ0v) is 11.0. The van der Waals surface area contributed by atoms with Gasteiger partial charge < -0.3 is 9.84 Å². The number of benzene rings is 1. The highest BCUT2D eigenvalue weighted by atomic mass is 79.9. The molecule has 0 radical (unpaired) electrons. The van der Waals surface area contributed by atoms with Crippen molar-refractivity contribution < 1.29 is 22.7 Å². The molecule has 1 saturated heterocycles. The summed E-state index contributed by atoms with van der Waals surface area (Å²) >= 11 is 3.10. The molecule has 7 heteroatoms. The van der Waals surface area contributed by atoms with Crippen molar-refractivity contribution in [3.63, 3.8) is 0 Å². The normalized spacial score (nSPS) is 27.0. The number of hydrogen-bond donors (Lipinski definition) is 1. The third-order valence-electron chi connectivity index (χ3n) is 2.40. The summed E-state index contributed by atoms with van der Waals surface area (Å²) in [6.45, 7) is 0. The van der Waals surface area contributed by atoms with Gasteiger partial charge >= 0.3 is 0 Å². The van der Waals surface area contributed by atoms with E-state index in [-0.39, 0.29) is 17.3 Å². The summed E-state index contributed by atoms with van der Waals surface area (Å²) in [5.74, 6) is -0.862. The molecule has 94 valence electrons. The van der Waals surface area contributed by atoms with E-state index in [0.717, 1.165) is 6.07 Å². The predicted octanol–water partition coefficient (Wildman–Crippen LogP) is 1.12. The van der Waals surface area contributed by atoms with Gasteiger partial charge in [-0.3, -0.25) is 0 Å². The molecule has 0 saturated carbocycles. The fraction of sp³-hybridized carbons (Fsp3) is 0.400. The van der Waals surface area contributed by atoms with E-state index < -0.39 is 27.9 Å². The van der Waals surface area contributed by atoms with Crippen LogP contribution in [0.4, 0.5) is 4.39 Å². The maximum Gasteiger partial charge on any atom is 0.156 e. The lowest BCUT2D eigenvalue weighted by molar-refractivity contribution is 0.0735. The van der Waals surface area contributed by atoms with Crippen molar-refractivity contribution in [2.45, 2.75) is 12.2 Å². The zero-order valence-electron chi connectivity index (χ0n) is 8.64. The minimum Gasteiger partial charge on any atom is -0.486 e. The minimum atomic E-state index is -3.27. The first kappa shape index (κ1) is 12.8. The van der Waals surface area contributed by atoms with Crippen LogP contribution in [0.15, 0.2) is 22.7 Å². The van der Waals surface area contributed by atoms with Gasteiger partial charge in [0.2, 0.25) is 0 Å². The molecule has 0 amide bonds. The first-order chi connectivity index (χ1) is 7.85. The smallest absolute Gasteiger partial charge is 0.156 e. The van der Waals surface area contributed by atoms with E-state index in [1.54, 1.807) is 0 Å². The van der Waals surface area contributed by atoms with Crippen LogP contribution in [-0.4, -0.2) is 37.2 Å². The molecule has 1 aromatic carbocycles. The second-order valence-corrected chi connectivity index (χ2v) is 6.98. The van der Waals surface area contributed by atoms with E-state index in [0.29, 0.717) is 4.47 Å². The molecule has 4 nitrogen and oxygen atoms in total. The fourth-order valence-electron chi connectivity index (χ4n) is 1.68. The number of hydrogen-bond acceptors (Lipinski definition) is 4. The Hall–Kier alpha value is -0.660. The lowest BCUT2D eigenvalue weighted by Gasteiger charge is -2.15. The lowest BCUT2D eigenvalue weighted by atomic mass is 10.2. The molecule has 1 heterocycles. The van der Waals surface area contributed by atoms with Crippen molar-refractivity contribution >= 4 is 25.8 Å². The number of halogens is 2. The molecule has 2 unspecified atom stereocenters. The zero-order chi connectivity index (χ0) is 12.6. The standard InChI is InChI=1S/C10H10BrFO4S/c11-6-1-7(12)3-8(2-6)16-10-5-17(14,15)4-9(10)13/h1-3,9-10,13H,4-5H2. The van der Waals surface area contributed by atoms with E-state index >= 15 is 0 Å². The van der Waals surface area contributed by atoms with Crippen molar-refractivity contribution in [1.29, 1.82) is 0 Å². The fourth-order valence-corrected chi connectivity index (χ4v) is 3.79. The first-order valence-electron chi connectivity index (χ1n) is 4.87. The van der Waals surface area contributed by atoms with Gasteiger partial charge in [-0.05, 0) is 12.1 Å². The van der Waals surface area contributed by atoms with Gasteiger partial charge in [0, 0.05) is 10.5 Å². The lowest BCUT2D eigenvalue weighted by Crippen LogP contribution is -2.29. The molecule has 1 aliphatic rings. The topological polar surface area (TPSA) is 63.6 Å². The maximum atomic E-state index is 13.1. The van der Waals surface area contributed by atoms with Gasteiger partial charge in [-0.25, -0.2) is 12.8 Å². The van der Waals surface area contributed by atoms with Crippen molar-refractivity contribution in [2.75, 3.05) is 11.5 Å². The Bertz CT molecular complexity index is 511. The van der Waals surface area contributed by atoms with Gasteiger partial charge in [-0.2, -0.15) is 0 Å². The third kappa shape index (κ3) is 3.17. The molecule has 0 aliphatic carbocycles. The van der Waals surface area contributed by atoms with Crippen LogP contribution in [0.25, 0.3) is 0 Å². The van der Waals surface area contributed by atoms with E-state index in [4.69, 9.17) is 4.74 Å². The Labute approximate surface area is 106 Å². The highest BCUT2D eigenvalue weighted by Crippen LogP contribution is 2.24. The van der Waals surface area contributed by atoms with Crippen molar-refractivity contribution in [2.24, 2.45) is 0 Å². The molecule has 17 heavy (non-hydrogen) atoms. The largest absolute Gasteiger partial charge is 0.486 e. The highest BCUT2D eigenvalue weighted by Gasteiger charge is 2.38. The quantitative estimate of drug-likeness (QED) is 0.885. The van der Waals surface area contributed by atoms with E-state index in [1.165, 1.54) is 12.1 Å². The van der Waals surface area contributed by atoms with E-state index in [2.05, 4.69) is 15.9 Å². The Morgan fingerprint density at radius 1 is 1.35 bits per heavy atom. The molecule has 2 rings (SSSR count). The van der Waals surface area contributed by atoms with Crippen LogP contribution >= 0.6 is 15.9 Å². The average molecular weight is 325 g/mol. The monoisotopic (exact) mass is 324 g/mol. The van der Waals surface area contributed by atoms with Crippen LogP contribution in [0.3, 0.4) is 0 Å². The van der Waals surface area contributed by atoms with Crippen LogP contribution < -0.4 is 4.74 Å². The van der Waals surface area contributed by atoms with Gasteiger partial charge in [0.25, 0.3) is 0 Å². The number of aliphatic hydroxyl groups is 1. The van der Waals surface area contributed by atoms with Crippen LogP contribution in [0.2, 0.25) is 0 Å². The Kier molecular flexibility index (Phi) is 3.42. The van der Waals surface area contributed by atoms with Gasteiger partial charge in [-0.1, -0.05) is 15.9 Å². The summed E-state index contributed by atoms with van der Waals surface area (Å²) in [6, 6.07) is 3.91. The molecular formula is C10H10BrFO4S. The van der Waals surface area contributed by atoms with Gasteiger partial charge in [-0.15, -0.1) is 0 Å². The average Bonchev–Trinajstić information content (AvgIpc) is 2.37. The number of sulfone groups is 1. The SMILES string of the molecule is O=S1(=O)CC(O)C(Oc2cc(F)cc(Br)c2)C1. The van der Waals surface area contributed by atoms with Crippen LogP contribution in [0, 0.1) is 5.82 Å². The van der Waals surface area contributed by atoms with E-state index in [9.17, 15) is 17.9 Å². The summed E-state index contributed by atoms with van der Waals surface area (Å²) in [6.07, 6.45) is -1.91. The molecule has 1 aliphatic heterocycles. The molecule has 0 aromatic heterocycles. The molecule has 1 aromatic rings. The van der Waals surface area contributed by atoms with Crippen molar-refractivity contribution in [3.05, 3.63) is 28.5 Å². The summed E-state index contributed by atoms with van der Waals surface area (Å²) in [7, 11) is -3.27. The van der Waals surface area contributed by atoms with Crippen LogP contribution in [0.5, 0.6) is 5.75 Å². The first-order valence-corrected chi connectivity index (χ1v) is 7.48. The summed E-state index contributed by atoms with van der Waals surface area (Å²) in [5, 5.41) is 9.51. The minimum absolute atomic E-state index is 0.193. The van der Waals surface area contributed by atoms with Crippen LogP contribution in [0.1, 0.15) is 0 Å². The van der Waals surface area contributed by atoms with Gasteiger partial charge in [0.15, 0.2) is 9.84 Å². The molecular weight excluding hydrogens is 315 g/mol. The van der Waals surface area contributed by atoms with Gasteiger partial charge in [0.1, 0.15) is 23.8 Å². The molecule has 1 N–H and O–H groups in total. The Morgan fingerprint density at radius 3 is 2.59 bits per heavy atom. The second-order valence-electron chi connectivity index (χ2n) is 3.91. The summed E-state index contributed by atoms with van der Waals surface area (Å²) in [4.78, 5) is 0. The Morgan fingerprint density at radius 2 is 2.06 bits per heavy atom. The third-order valence-corrected chi connectivity index (χ3v) is 4.54. The number of rotatable bonds is 2. The molecule has 0 spiro atoms. The van der Waals surface area contributed by atoms with Crippen molar-refractivity contribution in [3.8, 4) is 5.75 Å². The second kappa shape index (κ2) is 4.55. The number of aliphatic hydroxyl groups excluding tert-OH is 1. The molecule has 2 atom stereocenters. The summed E-state index contributed by atoms with van der Waals surface area (Å²) in [5.41, 5.74) is 0. The summed E-state index contributed by atoms with van der Waals surface area (Å²) < 4.78 is 41.3. The molecule has 1 fully saturated rings. The van der Waals surface area contributed by atoms with Gasteiger partial charge in [0.05, 0.1) is 11.5 Å². The molecule has 0 bridgehead atoms. The van der Waals surface area contributed by atoms with E-state index in [1.807, 2.05) is 0 Å². The maximum absolute atomic E-state index is 13.1. The van der Waals surface area contributed by atoms with Crippen LogP contribution in [-0.2, 0) is 9.84 Å². The van der Waals surface area contributed by atoms with Crippen molar-refractivity contribution in [1.82, 2.24) is 0 Å². The predicted molar refractivity (Wildman–Crippen MR) is 63.2 cm³/mol. The highest BCUT2D eigenvalue weighted by molar-refractivity contribution is 9.10.